The summed E-state index contributed by atoms with van der Waals surface area (Å²) in [6.45, 7) is 2.08. The Kier molecular flexibility index (Phi) is 3.57. The van der Waals surface area contributed by atoms with Crippen LogP contribution < -0.4 is 10.6 Å². The molecule has 0 aromatic carbocycles. The number of rotatable bonds is 3. The molecule has 3 rings (SSSR count). The molecule has 1 saturated carbocycles. The van der Waals surface area contributed by atoms with Gasteiger partial charge in [0.2, 0.25) is 5.91 Å². The molecular weight excluding hydrogens is 226 g/mol. The maximum Gasteiger partial charge on any atom is 0.224 e. The maximum atomic E-state index is 11.6. The van der Waals surface area contributed by atoms with Crippen molar-refractivity contribution in [3.63, 3.8) is 0 Å². The predicted molar refractivity (Wildman–Crippen MR) is 71.3 cm³/mol. The third-order valence-corrected chi connectivity index (χ3v) is 4.98. The van der Waals surface area contributed by atoms with Crippen molar-refractivity contribution in [1.29, 1.82) is 0 Å². The van der Waals surface area contributed by atoms with Crippen LogP contribution in [0.25, 0.3) is 0 Å². The lowest BCUT2D eigenvalue weighted by atomic mass is 9.92. The highest BCUT2D eigenvalue weighted by Crippen LogP contribution is 2.32. The zero-order valence-corrected chi connectivity index (χ0v) is 11.3. The highest BCUT2D eigenvalue weighted by atomic mass is 16.2. The average Bonchev–Trinajstić information content (AvgIpc) is 3.01. The number of nitrogens with one attached hydrogen (secondary N) is 2. The van der Waals surface area contributed by atoms with Gasteiger partial charge >= 0.3 is 0 Å². The minimum Gasteiger partial charge on any atom is -0.344 e. The van der Waals surface area contributed by atoms with Crippen molar-refractivity contribution in [3.05, 3.63) is 0 Å². The molecule has 0 aromatic rings. The van der Waals surface area contributed by atoms with E-state index in [2.05, 4.69) is 10.6 Å². The molecule has 102 valence electrons. The van der Waals surface area contributed by atoms with Crippen LogP contribution in [0.1, 0.15) is 38.5 Å². The Morgan fingerprint density at radius 3 is 2.83 bits per heavy atom. The Bertz CT molecular complexity index is 314. The first-order valence-corrected chi connectivity index (χ1v) is 7.47. The van der Waals surface area contributed by atoms with Crippen molar-refractivity contribution >= 4 is 5.91 Å². The van der Waals surface area contributed by atoms with E-state index in [9.17, 15) is 4.79 Å². The number of hydrogen-bond acceptors (Lipinski definition) is 3. The van der Waals surface area contributed by atoms with Crippen LogP contribution in [-0.4, -0.2) is 49.1 Å². The normalized spacial score (nSPS) is 40.9. The van der Waals surface area contributed by atoms with Gasteiger partial charge in [0, 0.05) is 38.1 Å². The topological polar surface area (TPSA) is 44.4 Å². The monoisotopic (exact) mass is 251 g/mol. The van der Waals surface area contributed by atoms with Gasteiger partial charge in [0.1, 0.15) is 0 Å². The summed E-state index contributed by atoms with van der Waals surface area (Å²) in [5.41, 5.74) is 0. The summed E-state index contributed by atoms with van der Waals surface area (Å²) in [6, 6.07) is 1.74. The molecule has 1 amide bonds. The number of carbonyl (C=O) groups is 1. The molecule has 0 radical (unpaired) electrons. The first-order valence-electron chi connectivity index (χ1n) is 7.47. The molecule has 3 fully saturated rings. The number of amides is 1. The Labute approximate surface area is 109 Å². The molecule has 0 spiro atoms. The zero-order valence-electron chi connectivity index (χ0n) is 11.3. The molecule has 2 saturated heterocycles. The third-order valence-electron chi connectivity index (χ3n) is 4.98. The van der Waals surface area contributed by atoms with E-state index >= 15 is 0 Å². The van der Waals surface area contributed by atoms with E-state index in [0.29, 0.717) is 24.4 Å². The van der Waals surface area contributed by atoms with Crippen LogP contribution in [0.2, 0.25) is 0 Å². The molecular formula is C14H25N3O. The quantitative estimate of drug-likeness (QED) is 0.777. The van der Waals surface area contributed by atoms with Crippen LogP contribution in [0, 0.1) is 5.92 Å². The minimum absolute atomic E-state index is 0.293. The number of likely N-dealkylation sites (N-methyl/N-ethyl adjacent to an activating group) is 1. The van der Waals surface area contributed by atoms with E-state index in [-0.39, 0.29) is 0 Å². The Morgan fingerprint density at radius 1 is 1.28 bits per heavy atom. The number of nitrogens with zero attached hydrogens (tertiary/aromatic N) is 1. The van der Waals surface area contributed by atoms with Crippen LogP contribution in [0.3, 0.4) is 0 Å². The van der Waals surface area contributed by atoms with Gasteiger partial charge in [-0.15, -0.1) is 0 Å². The Balaban J connectivity index is 1.56. The van der Waals surface area contributed by atoms with Gasteiger partial charge in [-0.1, -0.05) is 6.42 Å². The molecule has 2 aliphatic heterocycles. The number of carbonyl (C=O) groups excluding carboxylic acids is 1. The highest BCUT2D eigenvalue weighted by Gasteiger charge is 2.37. The summed E-state index contributed by atoms with van der Waals surface area (Å²) in [6.07, 6.45) is 7.35. The molecule has 4 atom stereocenters. The highest BCUT2D eigenvalue weighted by molar-refractivity contribution is 5.78. The predicted octanol–water partition coefficient (Wildman–Crippen LogP) is 0.727. The van der Waals surface area contributed by atoms with E-state index in [1.165, 1.54) is 38.6 Å². The van der Waals surface area contributed by atoms with Gasteiger partial charge < -0.3 is 15.5 Å². The van der Waals surface area contributed by atoms with E-state index in [1.54, 1.807) is 0 Å². The van der Waals surface area contributed by atoms with Gasteiger partial charge in [-0.3, -0.25) is 4.79 Å². The van der Waals surface area contributed by atoms with E-state index in [1.807, 2.05) is 11.9 Å². The molecule has 0 bridgehead atoms. The van der Waals surface area contributed by atoms with Crippen molar-refractivity contribution in [2.45, 2.75) is 56.7 Å². The summed E-state index contributed by atoms with van der Waals surface area (Å²) >= 11 is 0. The van der Waals surface area contributed by atoms with Gasteiger partial charge in [0.05, 0.1) is 0 Å². The standard InChI is InChI=1S/C14H25N3O/c1-17-9-10(8-14(17)18)16-13-5-2-4-11(13)12-6-3-7-15-12/h10-13,15-16H,2-9H2,1H3. The SMILES string of the molecule is CN1CC(NC2CCCC2C2CCCN2)CC1=O. The summed E-state index contributed by atoms with van der Waals surface area (Å²) in [5, 5.41) is 7.42. The Morgan fingerprint density at radius 2 is 2.17 bits per heavy atom. The van der Waals surface area contributed by atoms with Gasteiger partial charge in [0.25, 0.3) is 0 Å². The fraction of sp³-hybridized carbons (Fsp3) is 0.929. The second-order valence-corrected chi connectivity index (χ2v) is 6.25. The summed E-state index contributed by atoms with van der Waals surface area (Å²) in [4.78, 5) is 13.4. The zero-order chi connectivity index (χ0) is 12.5. The summed E-state index contributed by atoms with van der Waals surface area (Å²) in [7, 11) is 1.91. The lowest BCUT2D eigenvalue weighted by Crippen LogP contribution is -2.46. The van der Waals surface area contributed by atoms with Gasteiger partial charge in [-0.25, -0.2) is 0 Å². The second-order valence-electron chi connectivity index (χ2n) is 6.25. The van der Waals surface area contributed by atoms with Crippen LogP contribution in [0.5, 0.6) is 0 Å². The molecule has 4 nitrogen and oxygen atoms in total. The molecule has 4 heteroatoms. The lowest BCUT2D eigenvalue weighted by molar-refractivity contribution is -0.126. The molecule has 2 heterocycles. The first-order chi connectivity index (χ1) is 8.74. The molecule has 4 unspecified atom stereocenters. The van der Waals surface area contributed by atoms with Crippen LogP contribution in [0.4, 0.5) is 0 Å². The fourth-order valence-corrected chi connectivity index (χ4v) is 4.03. The first kappa shape index (κ1) is 12.4. The van der Waals surface area contributed by atoms with Gasteiger partial charge in [0.15, 0.2) is 0 Å². The minimum atomic E-state index is 0.293. The van der Waals surface area contributed by atoms with Crippen LogP contribution >= 0.6 is 0 Å². The molecule has 1 aliphatic carbocycles. The third kappa shape index (κ3) is 2.41. The van der Waals surface area contributed by atoms with Gasteiger partial charge in [-0.05, 0) is 38.1 Å². The summed E-state index contributed by atoms with van der Waals surface area (Å²) in [5.74, 6) is 1.08. The lowest BCUT2D eigenvalue weighted by Gasteiger charge is -2.28. The van der Waals surface area contributed by atoms with Crippen molar-refractivity contribution in [1.82, 2.24) is 15.5 Å². The maximum absolute atomic E-state index is 11.6. The van der Waals surface area contributed by atoms with E-state index < -0.39 is 0 Å². The van der Waals surface area contributed by atoms with Gasteiger partial charge in [-0.2, -0.15) is 0 Å². The fourth-order valence-electron chi connectivity index (χ4n) is 4.03. The van der Waals surface area contributed by atoms with Crippen molar-refractivity contribution in [2.24, 2.45) is 5.92 Å². The van der Waals surface area contributed by atoms with Crippen molar-refractivity contribution in [2.75, 3.05) is 20.1 Å². The second kappa shape index (κ2) is 5.17. The van der Waals surface area contributed by atoms with E-state index in [0.717, 1.165) is 18.5 Å². The molecule has 18 heavy (non-hydrogen) atoms. The van der Waals surface area contributed by atoms with Crippen molar-refractivity contribution < 1.29 is 4.79 Å². The molecule has 2 N–H and O–H groups in total. The summed E-state index contributed by atoms with van der Waals surface area (Å²) < 4.78 is 0. The number of hydrogen-bond donors (Lipinski definition) is 2. The van der Waals surface area contributed by atoms with Crippen LogP contribution in [0.15, 0.2) is 0 Å². The van der Waals surface area contributed by atoms with Crippen LogP contribution in [-0.2, 0) is 4.79 Å². The van der Waals surface area contributed by atoms with Crippen molar-refractivity contribution in [3.8, 4) is 0 Å². The average molecular weight is 251 g/mol. The molecule has 0 aromatic heterocycles. The number of likely N-dealkylation sites (tertiary alicyclic amines) is 1. The smallest absolute Gasteiger partial charge is 0.224 e. The largest absolute Gasteiger partial charge is 0.344 e. The van der Waals surface area contributed by atoms with E-state index in [4.69, 9.17) is 0 Å². The Hall–Kier alpha value is -0.610. The molecule has 3 aliphatic rings.